The second-order valence-electron chi connectivity index (χ2n) is 7.09. The summed E-state index contributed by atoms with van der Waals surface area (Å²) in [4.78, 5) is 31.1. The summed E-state index contributed by atoms with van der Waals surface area (Å²) in [7, 11) is 3.19. The van der Waals surface area contributed by atoms with E-state index in [4.69, 9.17) is 16.3 Å². The zero-order valence-electron chi connectivity index (χ0n) is 17.6. The van der Waals surface area contributed by atoms with Crippen molar-refractivity contribution >= 4 is 56.5 Å². The number of aromatic nitrogens is 2. The number of benzene rings is 2. The maximum atomic E-state index is 12.9. The highest BCUT2D eigenvalue weighted by atomic mass is 35.5. The van der Waals surface area contributed by atoms with Crippen molar-refractivity contribution in [2.24, 2.45) is 7.05 Å². The van der Waals surface area contributed by atoms with Gasteiger partial charge >= 0.3 is 0 Å². The minimum Gasteiger partial charge on any atom is -0.495 e. The van der Waals surface area contributed by atoms with Crippen LogP contribution in [0.15, 0.2) is 58.5 Å². The summed E-state index contributed by atoms with van der Waals surface area (Å²) in [6.07, 6.45) is 0. The van der Waals surface area contributed by atoms with Crippen molar-refractivity contribution in [3.8, 4) is 16.2 Å². The van der Waals surface area contributed by atoms with E-state index >= 15 is 0 Å². The van der Waals surface area contributed by atoms with Gasteiger partial charge < -0.3 is 10.1 Å². The Morgan fingerprint density at radius 2 is 2.00 bits per heavy atom. The monoisotopic (exact) mass is 485 g/mol. The molecule has 1 amide bonds. The van der Waals surface area contributed by atoms with Gasteiger partial charge in [-0.2, -0.15) is 0 Å². The van der Waals surface area contributed by atoms with E-state index in [1.165, 1.54) is 34.8 Å². The van der Waals surface area contributed by atoms with Gasteiger partial charge in [-0.3, -0.25) is 14.2 Å². The highest BCUT2D eigenvalue weighted by Gasteiger charge is 2.16. The third-order valence-corrected chi connectivity index (χ3v) is 7.46. The zero-order valence-corrected chi connectivity index (χ0v) is 20.0. The van der Waals surface area contributed by atoms with Gasteiger partial charge in [-0.25, -0.2) is 4.98 Å². The van der Waals surface area contributed by atoms with Crippen LogP contribution in [0.1, 0.15) is 5.56 Å². The predicted octanol–water partition coefficient (Wildman–Crippen LogP) is 5.36. The van der Waals surface area contributed by atoms with E-state index in [0.717, 1.165) is 16.0 Å². The van der Waals surface area contributed by atoms with Crippen LogP contribution in [-0.4, -0.2) is 28.3 Å². The SMILES string of the molecule is COc1cc(Cl)c(C)cc1NC(=O)CSc1nc2cc(-c3ccccc3)sc2c(=O)n1C. The van der Waals surface area contributed by atoms with Crippen LogP contribution >= 0.6 is 34.7 Å². The Bertz CT molecular complexity index is 1370. The molecule has 2 aromatic heterocycles. The first kappa shape index (κ1) is 22.4. The van der Waals surface area contributed by atoms with Gasteiger partial charge in [-0.15, -0.1) is 11.3 Å². The van der Waals surface area contributed by atoms with Crippen LogP contribution in [0, 0.1) is 6.92 Å². The number of hydrogen-bond acceptors (Lipinski definition) is 6. The van der Waals surface area contributed by atoms with Gasteiger partial charge in [0, 0.05) is 23.0 Å². The average Bonchev–Trinajstić information content (AvgIpc) is 3.22. The molecule has 0 saturated heterocycles. The van der Waals surface area contributed by atoms with Crippen molar-refractivity contribution in [2.75, 3.05) is 18.2 Å². The van der Waals surface area contributed by atoms with Crippen molar-refractivity contribution in [3.05, 3.63) is 69.5 Å². The standard InChI is InChI=1S/C23H20ClN3O3S2/c1-13-9-16(18(30-3)10-15(13)24)25-20(28)12-31-23-26-17-11-19(14-7-5-4-6-8-14)32-21(17)22(29)27(23)2/h4-11H,12H2,1-3H3,(H,25,28). The van der Waals surface area contributed by atoms with E-state index in [0.29, 0.717) is 31.8 Å². The quantitative estimate of drug-likeness (QED) is 0.294. The Labute approximate surface area is 198 Å². The van der Waals surface area contributed by atoms with Gasteiger partial charge in [0.2, 0.25) is 5.91 Å². The van der Waals surface area contributed by atoms with Gasteiger partial charge in [0.1, 0.15) is 10.4 Å². The van der Waals surface area contributed by atoms with E-state index < -0.39 is 0 Å². The van der Waals surface area contributed by atoms with Crippen LogP contribution < -0.4 is 15.6 Å². The first-order chi connectivity index (χ1) is 15.4. The number of methoxy groups -OCH3 is 1. The van der Waals surface area contributed by atoms with Crippen LogP contribution in [0.3, 0.4) is 0 Å². The molecule has 1 N–H and O–H groups in total. The molecule has 0 atom stereocenters. The number of hydrogen-bond donors (Lipinski definition) is 1. The molecule has 2 heterocycles. The number of thioether (sulfide) groups is 1. The highest BCUT2D eigenvalue weighted by molar-refractivity contribution is 7.99. The minimum atomic E-state index is -0.236. The van der Waals surface area contributed by atoms with E-state index in [1.807, 2.05) is 43.3 Å². The molecule has 9 heteroatoms. The van der Waals surface area contributed by atoms with E-state index in [-0.39, 0.29) is 17.2 Å². The molecule has 0 bridgehead atoms. The molecular weight excluding hydrogens is 466 g/mol. The van der Waals surface area contributed by atoms with Gasteiger partial charge in [0.25, 0.3) is 5.56 Å². The number of halogens is 1. The fourth-order valence-electron chi connectivity index (χ4n) is 3.15. The molecule has 0 aliphatic heterocycles. The molecule has 6 nitrogen and oxygen atoms in total. The van der Waals surface area contributed by atoms with Gasteiger partial charge in [0.15, 0.2) is 5.16 Å². The first-order valence-electron chi connectivity index (χ1n) is 9.70. The molecule has 0 unspecified atom stereocenters. The first-order valence-corrected chi connectivity index (χ1v) is 11.9. The summed E-state index contributed by atoms with van der Waals surface area (Å²) in [6.45, 7) is 1.85. The highest BCUT2D eigenvalue weighted by Crippen LogP contribution is 2.33. The summed E-state index contributed by atoms with van der Waals surface area (Å²) in [5.41, 5.74) is 2.92. The third-order valence-electron chi connectivity index (χ3n) is 4.86. The Balaban J connectivity index is 1.54. The average molecular weight is 486 g/mol. The van der Waals surface area contributed by atoms with Crippen LogP contribution in [-0.2, 0) is 11.8 Å². The van der Waals surface area contributed by atoms with Crippen molar-refractivity contribution in [1.29, 1.82) is 0 Å². The lowest BCUT2D eigenvalue weighted by Gasteiger charge is -2.12. The number of aryl methyl sites for hydroxylation is 1. The van der Waals surface area contributed by atoms with E-state index in [9.17, 15) is 9.59 Å². The van der Waals surface area contributed by atoms with Crippen LogP contribution in [0.25, 0.3) is 20.7 Å². The molecule has 2 aromatic carbocycles. The topological polar surface area (TPSA) is 73.2 Å². The number of amides is 1. The lowest BCUT2D eigenvalue weighted by Crippen LogP contribution is -2.20. The van der Waals surface area contributed by atoms with Crippen LogP contribution in [0.2, 0.25) is 5.02 Å². The maximum Gasteiger partial charge on any atom is 0.271 e. The summed E-state index contributed by atoms with van der Waals surface area (Å²) in [5, 5.41) is 3.88. The normalized spacial score (nSPS) is 11.0. The number of nitrogens with one attached hydrogen (secondary N) is 1. The molecule has 164 valence electrons. The fourth-order valence-corrected chi connectivity index (χ4v) is 5.16. The molecule has 32 heavy (non-hydrogen) atoms. The summed E-state index contributed by atoms with van der Waals surface area (Å²) < 4.78 is 7.39. The Morgan fingerprint density at radius 3 is 2.72 bits per heavy atom. The smallest absolute Gasteiger partial charge is 0.271 e. The number of carbonyl (C=O) groups excluding carboxylic acids is 1. The van der Waals surface area contributed by atoms with Crippen molar-refractivity contribution in [3.63, 3.8) is 0 Å². The molecule has 4 aromatic rings. The zero-order chi connectivity index (χ0) is 22.8. The summed E-state index contributed by atoms with van der Waals surface area (Å²) >= 11 is 8.76. The maximum absolute atomic E-state index is 12.9. The Morgan fingerprint density at radius 1 is 1.25 bits per heavy atom. The molecule has 0 saturated carbocycles. The number of fused-ring (bicyclic) bond motifs is 1. The molecule has 0 aliphatic rings. The Hall–Kier alpha value is -2.81. The second kappa shape index (κ2) is 9.36. The fraction of sp³-hybridized carbons (Fsp3) is 0.174. The van der Waals surface area contributed by atoms with Crippen molar-refractivity contribution in [2.45, 2.75) is 12.1 Å². The van der Waals surface area contributed by atoms with Gasteiger partial charge in [-0.1, -0.05) is 53.7 Å². The van der Waals surface area contributed by atoms with Gasteiger partial charge in [0.05, 0.1) is 24.1 Å². The number of ether oxygens (including phenoxy) is 1. The number of rotatable bonds is 6. The minimum absolute atomic E-state index is 0.0896. The number of anilines is 1. The van der Waals surface area contributed by atoms with E-state index in [1.54, 1.807) is 19.2 Å². The molecule has 0 fully saturated rings. The van der Waals surface area contributed by atoms with Crippen LogP contribution in [0.4, 0.5) is 5.69 Å². The number of carbonyl (C=O) groups is 1. The molecule has 4 rings (SSSR count). The molecule has 0 spiro atoms. The number of thiophene rings is 1. The number of nitrogens with zero attached hydrogens (tertiary/aromatic N) is 2. The summed E-state index contributed by atoms with van der Waals surface area (Å²) in [5.74, 6) is 0.337. The van der Waals surface area contributed by atoms with Crippen molar-refractivity contribution in [1.82, 2.24) is 9.55 Å². The predicted molar refractivity (Wildman–Crippen MR) is 132 cm³/mol. The Kier molecular flexibility index (Phi) is 6.55. The van der Waals surface area contributed by atoms with Gasteiger partial charge in [-0.05, 0) is 30.2 Å². The van der Waals surface area contributed by atoms with E-state index in [2.05, 4.69) is 10.3 Å². The summed E-state index contributed by atoms with van der Waals surface area (Å²) in [6, 6.07) is 15.2. The van der Waals surface area contributed by atoms with Crippen LogP contribution in [0.5, 0.6) is 5.75 Å². The lowest BCUT2D eigenvalue weighted by molar-refractivity contribution is -0.113. The molecule has 0 radical (unpaired) electrons. The lowest BCUT2D eigenvalue weighted by atomic mass is 10.2. The third kappa shape index (κ3) is 4.53. The molecular formula is C23H20ClN3O3S2. The van der Waals surface area contributed by atoms with Crippen molar-refractivity contribution < 1.29 is 9.53 Å². The molecule has 0 aliphatic carbocycles. The second-order valence-corrected chi connectivity index (χ2v) is 9.49. The largest absolute Gasteiger partial charge is 0.495 e.